The largest absolute Gasteiger partial charge is 0.487 e. The van der Waals surface area contributed by atoms with E-state index in [0.717, 1.165) is 24.0 Å². The van der Waals surface area contributed by atoms with E-state index in [0.29, 0.717) is 6.61 Å². The van der Waals surface area contributed by atoms with E-state index in [1.807, 2.05) is 36.4 Å². The molecule has 0 aromatic heterocycles. The van der Waals surface area contributed by atoms with E-state index in [9.17, 15) is 0 Å². The second-order valence-electron chi connectivity index (χ2n) is 4.31. The second kappa shape index (κ2) is 8.63. The van der Waals surface area contributed by atoms with Gasteiger partial charge in [-0.05, 0) is 75.1 Å². The summed E-state index contributed by atoms with van der Waals surface area (Å²) < 4.78 is 8.10. The Kier molecular flexibility index (Phi) is 6.83. The highest BCUT2D eigenvalue weighted by molar-refractivity contribution is 14.1. The maximum absolute atomic E-state index is 5.97. The molecule has 7 heteroatoms. The molecule has 0 atom stereocenters. The van der Waals surface area contributed by atoms with Crippen molar-refractivity contribution in [2.75, 3.05) is 0 Å². The Morgan fingerprint density at radius 1 is 1.27 bits per heavy atom. The van der Waals surface area contributed by atoms with E-state index in [2.05, 4.69) is 61.8 Å². The minimum Gasteiger partial charge on any atom is -0.487 e. The van der Waals surface area contributed by atoms with Crippen LogP contribution in [0, 0.1) is 7.14 Å². The Labute approximate surface area is 161 Å². The summed E-state index contributed by atoms with van der Waals surface area (Å²) in [5.74, 6) is 0.790. The van der Waals surface area contributed by atoms with Crippen molar-refractivity contribution in [1.29, 1.82) is 0 Å². The first-order valence-corrected chi connectivity index (χ1v) is 8.87. The van der Waals surface area contributed by atoms with Crippen LogP contribution in [0.1, 0.15) is 11.1 Å². The molecule has 2 aromatic carbocycles. The summed E-state index contributed by atoms with van der Waals surface area (Å²) in [4.78, 5) is 0. The highest BCUT2D eigenvalue weighted by Crippen LogP contribution is 2.28. The molecule has 2 rings (SSSR count). The van der Waals surface area contributed by atoms with Crippen LogP contribution in [-0.2, 0) is 6.61 Å². The maximum atomic E-state index is 5.97. The number of hydrogen-bond donors (Lipinski definition) is 2. The van der Waals surface area contributed by atoms with Crippen molar-refractivity contribution in [2.24, 2.45) is 10.8 Å². The Hall–Kier alpha value is -0.940. The van der Waals surface area contributed by atoms with Crippen LogP contribution >= 0.6 is 57.4 Å². The van der Waals surface area contributed by atoms with E-state index in [1.54, 1.807) is 6.21 Å². The molecule has 0 heterocycles. The van der Waals surface area contributed by atoms with Gasteiger partial charge >= 0.3 is 0 Å². The number of nitrogens with zero attached hydrogens (tertiary/aromatic N) is 1. The van der Waals surface area contributed by atoms with Gasteiger partial charge in [0.2, 0.25) is 0 Å². The SMILES string of the molecule is NC(=S)N/N=C/c1cc(I)cc(I)c1OCc1ccccc1. The predicted octanol–water partition coefficient (Wildman–Crippen LogP) is 3.64. The summed E-state index contributed by atoms with van der Waals surface area (Å²) in [6, 6.07) is 14.1. The van der Waals surface area contributed by atoms with Crippen LogP contribution in [0.4, 0.5) is 0 Å². The standard InChI is InChI=1S/C15H13I2N3OS/c16-12-6-11(8-19-20-15(18)22)14(13(17)7-12)21-9-10-4-2-1-3-5-10/h1-8H,9H2,(H3,18,20,22)/b19-8+. The molecule has 0 saturated carbocycles. The minimum atomic E-state index is 0.128. The lowest BCUT2D eigenvalue weighted by Gasteiger charge is -2.12. The molecular formula is C15H13I2N3OS. The monoisotopic (exact) mass is 537 g/mol. The average molecular weight is 537 g/mol. The Morgan fingerprint density at radius 3 is 2.68 bits per heavy atom. The lowest BCUT2D eigenvalue weighted by molar-refractivity contribution is 0.303. The number of halogens is 2. The second-order valence-corrected chi connectivity index (χ2v) is 7.16. The van der Waals surface area contributed by atoms with Gasteiger partial charge in [0.1, 0.15) is 12.4 Å². The van der Waals surface area contributed by atoms with E-state index in [1.165, 1.54) is 0 Å². The van der Waals surface area contributed by atoms with Gasteiger partial charge in [0.05, 0.1) is 9.78 Å². The molecule has 0 aliphatic heterocycles. The molecule has 0 fully saturated rings. The molecule has 0 radical (unpaired) electrons. The Morgan fingerprint density at radius 2 is 2.00 bits per heavy atom. The van der Waals surface area contributed by atoms with Crippen molar-refractivity contribution < 1.29 is 4.74 Å². The van der Waals surface area contributed by atoms with Gasteiger partial charge in [-0.2, -0.15) is 5.10 Å². The van der Waals surface area contributed by atoms with Crippen LogP contribution < -0.4 is 15.9 Å². The van der Waals surface area contributed by atoms with Gasteiger partial charge in [-0.1, -0.05) is 30.3 Å². The van der Waals surface area contributed by atoms with Crippen molar-refractivity contribution in [3.8, 4) is 5.75 Å². The number of nitrogens with one attached hydrogen (secondary N) is 1. The predicted molar refractivity (Wildman–Crippen MR) is 110 cm³/mol. The van der Waals surface area contributed by atoms with Gasteiger partial charge in [-0.3, -0.25) is 5.43 Å². The van der Waals surface area contributed by atoms with Crippen molar-refractivity contribution >= 4 is 68.7 Å². The summed E-state index contributed by atoms with van der Waals surface area (Å²) in [7, 11) is 0. The number of benzene rings is 2. The fourth-order valence-electron chi connectivity index (χ4n) is 1.72. The zero-order valence-corrected chi connectivity index (χ0v) is 16.6. The van der Waals surface area contributed by atoms with E-state index in [-0.39, 0.29) is 5.11 Å². The molecule has 22 heavy (non-hydrogen) atoms. The molecule has 0 amide bonds. The molecule has 0 saturated heterocycles. The minimum absolute atomic E-state index is 0.128. The lowest BCUT2D eigenvalue weighted by atomic mass is 10.2. The van der Waals surface area contributed by atoms with Gasteiger partial charge in [-0.15, -0.1) is 0 Å². The number of ether oxygens (including phenoxy) is 1. The maximum Gasteiger partial charge on any atom is 0.184 e. The molecule has 0 aliphatic rings. The van der Waals surface area contributed by atoms with Gasteiger partial charge in [0.15, 0.2) is 5.11 Å². The van der Waals surface area contributed by atoms with Gasteiger partial charge < -0.3 is 10.5 Å². The summed E-state index contributed by atoms with van der Waals surface area (Å²) in [5.41, 5.74) is 9.90. The van der Waals surface area contributed by atoms with E-state index in [4.69, 9.17) is 22.7 Å². The zero-order valence-electron chi connectivity index (χ0n) is 11.4. The van der Waals surface area contributed by atoms with Gasteiger partial charge in [0, 0.05) is 9.13 Å². The average Bonchev–Trinajstić information content (AvgIpc) is 2.47. The summed E-state index contributed by atoms with van der Waals surface area (Å²) in [5, 5.41) is 4.14. The number of hydrazone groups is 1. The summed E-state index contributed by atoms with van der Waals surface area (Å²) in [6.07, 6.45) is 1.66. The molecule has 114 valence electrons. The number of thiocarbonyl (C=S) groups is 1. The third-order valence-electron chi connectivity index (χ3n) is 2.64. The smallest absolute Gasteiger partial charge is 0.184 e. The van der Waals surface area contributed by atoms with Crippen LogP contribution in [0.25, 0.3) is 0 Å². The third-order valence-corrected chi connectivity index (χ3v) is 4.16. The van der Waals surface area contributed by atoms with Crippen LogP contribution in [0.5, 0.6) is 5.75 Å². The molecule has 3 N–H and O–H groups in total. The van der Waals surface area contributed by atoms with Crippen LogP contribution in [0.3, 0.4) is 0 Å². The molecule has 0 unspecified atom stereocenters. The lowest BCUT2D eigenvalue weighted by Crippen LogP contribution is -2.24. The van der Waals surface area contributed by atoms with Crippen molar-refractivity contribution in [1.82, 2.24) is 5.43 Å². The fraction of sp³-hybridized carbons (Fsp3) is 0.0667. The fourth-order valence-corrected chi connectivity index (χ4v) is 3.82. The van der Waals surface area contributed by atoms with Crippen LogP contribution in [-0.4, -0.2) is 11.3 Å². The van der Waals surface area contributed by atoms with Crippen LogP contribution in [0.15, 0.2) is 47.6 Å². The summed E-state index contributed by atoms with van der Waals surface area (Å²) in [6.45, 7) is 0.501. The molecule has 0 bridgehead atoms. The summed E-state index contributed by atoms with van der Waals surface area (Å²) >= 11 is 9.25. The van der Waals surface area contributed by atoms with Crippen molar-refractivity contribution in [3.05, 3.63) is 60.7 Å². The zero-order chi connectivity index (χ0) is 15.9. The van der Waals surface area contributed by atoms with E-state index < -0.39 is 0 Å². The molecular weight excluding hydrogens is 524 g/mol. The first-order chi connectivity index (χ1) is 10.6. The van der Waals surface area contributed by atoms with Crippen molar-refractivity contribution in [3.63, 3.8) is 0 Å². The number of rotatable bonds is 5. The number of hydrogen-bond acceptors (Lipinski definition) is 3. The van der Waals surface area contributed by atoms with Crippen molar-refractivity contribution in [2.45, 2.75) is 6.61 Å². The first-order valence-electron chi connectivity index (χ1n) is 6.30. The highest BCUT2D eigenvalue weighted by Gasteiger charge is 2.09. The molecule has 0 spiro atoms. The topological polar surface area (TPSA) is 59.6 Å². The quantitative estimate of drug-likeness (QED) is 0.265. The normalized spacial score (nSPS) is 10.6. The highest BCUT2D eigenvalue weighted by atomic mass is 127. The Bertz CT molecular complexity index is 693. The molecule has 0 aliphatic carbocycles. The first kappa shape index (κ1) is 17.4. The van der Waals surface area contributed by atoms with Crippen LogP contribution in [0.2, 0.25) is 0 Å². The van der Waals surface area contributed by atoms with E-state index >= 15 is 0 Å². The molecule has 4 nitrogen and oxygen atoms in total. The Balaban J connectivity index is 2.21. The molecule has 2 aromatic rings. The third kappa shape index (κ3) is 5.36. The van der Waals surface area contributed by atoms with Gasteiger partial charge in [-0.25, -0.2) is 0 Å². The van der Waals surface area contributed by atoms with Gasteiger partial charge in [0.25, 0.3) is 0 Å². The number of nitrogens with two attached hydrogens (primary N) is 1.